The quantitative estimate of drug-likeness (QED) is 0.169. The number of hydrogen-bond acceptors (Lipinski definition) is 6. The lowest BCUT2D eigenvalue weighted by Gasteiger charge is -2.19. The molecule has 0 spiro atoms. The fourth-order valence-corrected chi connectivity index (χ4v) is 6.50. The summed E-state index contributed by atoms with van der Waals surface area (Å²) in [6, 6.07) is 24.8. The van der Waals surface area contributed by atoms with E-state index in [1.165, 1.54) is 0 Å². The Kier molecular flexibility index (Phi) is 8.06. The largest absolute Gasteiger partial charge is 0.459 e. The van der Waals surface area contributed by atoms with Gasteiger partial charge in [-0.25, -0.2) is 9.59 Å². The van der Waals surface area contributed by atoms with Crippen LogP contribution >= 0.6 is 46.1 Å². The number of nitrogens with zero attached hydrogens (tertiary/aromatic N) is 1. The average Bonchev–Trinajstić information content (AvgIpc) is 3.71. The van der Waals surface area contributed by atoms with E-state index in [1.807, 2.05) is 34.2 Å². The van der Waals surface area contributed by atoms with Crippen LogP contribution in [0.15, 0.2) is 90.3 Å². The number of ether oxygens (including phenoxy) is 3. The highest BCUT2D eigenvalue weighted by Gasteiger charge is 2.41. The molecule has 1 aliphatic heterocycles. The Balaban J connectivity index is 1.34. The molecule has 0 bridgehead atoms. The predicted octanol–water partition coefficient (Wildman–Crippen LogP) is 8.70. The molecule has 0 amide bonds. The first-order valence-corrected chi connectivity index (χ1v) is 14.8. The van der Waals surface area contributed by atoms with Gasteiger partial charge in [0.05, 0.1) is 26.7 Å². The van der Waals surface area contributed by atoms with Gasteiger partial charge in [0, 0.05) is 22.2 Å². The number of hydrogen-bond donors (Lipinski definition) is 0. The van der Waals surface area contributed by atoms with Crippen LogP contribution in [0.3, 0.4) is 0 Å². The van der Waals surface area contributed by atoms with Crippen molar-refractivity contribution in [3.63, 3.8) is 0 Å². The number of fused-ring (bicyclic) bond motifs is 1. The van der Waals surface area contributed by atoms with Crippen LogP contribution < -0.4 is 0 Å². The fraction of sp³-hybridized carbons (Fsp3) is 0.161. The molecular formula is C31H22Cl3NO5S. The van der Waals surface area contributed by atoms with Gasteiger partial charge in [0.2, 0.25) is 0 Å². The maximum Gasteiger partial charge on any atom is 0.338 e. The van der Waals surface area contributed by atoms with E-state index in [0.29, 0.717) is 31.8 Å². The standard InChI is InChI=1S/C31H22Cl3NO5S/c32-21-14-20-23(15-22(21)33)35(29(34)28(20)26-12-7-13-41-26)27-16-24(40-31(37)19-10-5-2-6-11-19)25(39-27)17-38-30(36)18-8-3-1-4-9-18/h1-15,24-25,27H,16-17H2/t24-,25+,27+/m0/s1. The molecule has 0 radical (unpaired) electrons. The second kappa shape index (κ2) is 11.9. The number of benzene rings is 3. The summed E-state index contributed by atoms with van der Waals surface area (Å²) < 4.78 is 19.8. The molecule has 3 heterocycles. The number of thiophene rings is 1. The van der Waals surface area contributed by atoms with E-state index in [4.69, 9.17) is 49.0 Å². The van der Waals surface area contributed by atoms with Crippen molar-refractivity contribution in [2.75, 3.05) is 6.61 Å². The van der Waals surface area contributed by atoms with Crippen LogP contribution in [0.4, 0.5) is 0 Å². The third-order valence-corrected chi connectivity index (χ3v) is 8.86. The zero-order valence-corrected chi connectivity index (χ0v) is 24.4. The zero-order valence-electron chi connectivity index (χ0n) is 21.3. The minimum atomic E-state index is -0.748. The Bertz CT molecular complexity index is 1710. The van der Waals surface area contributed by atoms with E-state index in [0.717, 1.165) is 15.8 Å². The Morgan fingerprint density at radius 2 is 1.54 bits per heavy atom. The number of rotatable bonds is 7. The summed E-state index contributed by atoms with van der Waals surface area (Å²) in [5.41, 5.74) is 2.33. The first-order valence-electron chi connectivity index (χ1n) is 12.8. The maximum atomic E-state index is 13.0. The SMILES string of the molecule is O=C(OC[C@H]1O[C@@H](n2c(Cl)c(-c3cccs3)c3cc(Cl)c(Cl)cc32)C[C@@H]1OC(=O)c1ccccc1)c1ccccc1. The molecule has 1 fully saturated rings. The summed E-state index contributed by atoms with van der Waals surface area (Å²) in [4.78, 5) is 26.7. The van der Waals surface area contributed by atoms with Gasteiger partial charge < -0.3 is 18.8 Å². The smallest absolute Gasteiger partial charge is 0.338 e. The number of carbonyl (C=O) groups excluding carboxylic acids is 2. The van der Waals surface area contributed by atoms with Gasteiger partial charge >= 0.3 is 11.9 Å². The molecule has 0 unspecified atom stereocenters. The summed E-state index contributed by atoms with van der Waals surface area (Å²) in [5, 5.41) is 3.98. The van der Waals surface area contributed by atoms with Crippen molar-refractivity contribution in [2.45, 2.75) is 24.9 Å². The fourth-order valence-electron chi connectivity index (χ4n) is 4.94. The second-order valence-electron chi connectivity index (χ2n) is 9.44. The highest BCUT2D eigenvalue weighted by atomic mass is 35.5. The van der Waals surface area contributed by atoms with Crippen LogP contribution in [0, 0.1) is 0 Å². The summed E-state index contributed by atoms with van der Waals surface area (Å²) in [7, 11) is 0. The molecule has 2 aromatic heterocycles. The minimum absolute atomic E-state index is 0.127. The zero-order chi connectivity index (χ0) is 28.5. The second-order valence-corrected chi connectivity index (χ2v) is 11.6. The normalized spacial score (nSPS) is 18.5. The lowest BCUT2D eigenvalue weighted by molar-refractivity contribution is -0.0560. The van der Waals surface area contributed by atoms with Crippen molar-refractivity contribution in [3.8, 4) is 10.4 Å². The molecule has 208 valence electrons. The van der Waals surface area contributed by atoms with Gasteiger partial charge in [-0.1, -0.05) is 77.3 Å². The van der Waals surface area contributed by atoms with E-state index in [2.05, 4.69) is 0 Å². The summed E-state index contributed by atoms with van der Waals surface area (Å²) >= 11 is 21.4. The summed E-state index contributed by atoms with van der Waals surface area (Å²) in [6.07, 6.45) is -1.86. The van der Waals surface area contributed by atoms with E-state index >= 15 is 0 Å². The number of aromatic nitrogens is 1. The third kappa shape index (κ3) is 5.61. The number of halogens is 3. The summed E-state index contributed by atoms with van der Waals surface area (Å²) in [6.45, 7) is -0.127. The number of esters is 2. The molecular weight excluding hydrogens is 605 g/mol. The molecule has 0 saturated carbocycles. The lowest BCUT2D eigenvalue weighted by atomic mass is 10.1. The molecule has 6 rings (SSSR count). The van der Waals surface area contributed by atoms with Gasteiger partial charge in [-0.2, -0.15) is 0 Å². The van der Waals surface area contributed by atoms with Gasteiger partial charge in [-0.05, 0) is 47.8 Å². The first-order chi connectivity index (χ1) is 19.9. The Morgan fingerprint density at radius 3 is 2.20 bits per heavy atom. The van der Waals surface area contributed by atoms with Crippen molar-refractivity contribution >= 4 is 69.0 Å². The molecule has 6 nitrogen and oxygen atoms in total. The molecule has 41 heavy (non-hydrogen) atoms. The molecule has 3 atom stereocenters. The molecule has 1 aliphatic rings. The molecule has 1 saturated heterocycles. The monoisotopic (exact) mass is 625 g/mol. The molecule has 5 aromatic rings. The van der Waals surface area contributed by atoms with E-state index in [-0.39, 0.29) is 13.0 Å². The van der Waals surface area contributed by atoms with Crippen LogP contribution in [0.25, 0.3) is 21.3 Å². The average molecular weight is 627 g/mol. The van der Waals surface area contributed by atoms with E-state index in [1.54, 1.807) is 72.0 Å². The first kappa shape index (κ1) is 27.8. The van der Waals surface area contributed by atoms with Crippen LogP contribution in [-0.4, -0.2) is 35.3 Å². The molecule has 10 heteroatoms. The van der Waals surface area contributed by atoms with Gasteiger partial charge in [-0.15, -0.1) is 11.3 Å². The highest BCUT2D eigenvalue weighted by Crippen LogP contribution is 2.46. The van der Waals surface area contributed by atoms with Gasteiger partial charge in [0.1, 0.15) is 30.2 Å². The van der Waals surface area contributed by atoms with Gasteiger partial charge in [0.15, 0.2) is 0 Å². The molecule has 0 N–H and O–H groups in total. The van der Waals surface area contributed by atoms with E-state index in [9.17, 15) is 9.59 Å². The third-order valence-electron chi connectivity index (χ3n) is 6.88. The molecule has 3 aromatic carbocycles. The van der Waals surface area contributed by atoms with Crippen molar-refractivity contribution in [1.29, 1.82) is 0 Å². The Labute approximate surface area is 254 Å². The van der Waals surface area contributed by atoms with Crippen molar-refractivity contribution in [3.05, 3.63) is 117 Å². The van der Waals surface area contributed by atoms with Crippen molar-refractivity contribution < 1.29 is 23.8 Å². The van der Waals surface area contributed by atoms with E-state index < -0.39 is 30.4 Å². The summed E-state index contributed by atoms with van der Waals surface area (Å²) in [5.74, 6) is -1.01. The van der Waals surface area contributed by atoms with Crippen LogP contribution in [0.1, 0.15) is 33.4 Å². The van der Waals surface area contributed by atoms with Crippen LogP contribution in [-0.2, 0) is 14.2 Å². The van der Waals surface area contributed by atoms with Crippen molar-refractivity contribution in [1.82, 2.24) is 4.57 Å². The van der Waals surface area contributed by atoms with Crippen molar-refractivity contribution in [2.24, 2.45) is 0 Å². The van der Waals surface area contributed by atoms with Gasteiger partial charge in [0.25, 0.3) is 0 Å². The lowest BCUT2D eigenvalue weighted by Crippen LogP contribution is -2.32. The van der Waals surface area contributed by atoms with Crippen LogP contribution in [0.5, 0.6) is 0 Å². The molecule has 0 aliphatic carbocycles. The number of carbonyl (C=O) groups is 2. The maximum absolute atomic E-state index is 13.0. The van der Waals surface area contributed by atoms with Crippen LogP contribution in [0.2, 0.25) is 15.2 Å². The Hall–Kier alpha value is -3.33. The minimum Gasteiger partial charge on any atom is -0.459 e. The predicted molar refractivity (Wildman–Crippen MR) is 161 cm³/mol. The van der Waals surface area contributed by atoms with Gasteiger partial charge in [-0.3, -0.25) is 0 Å². The highest BCUT2D eigenvalue weighted by molar-refractivity contribution is 7.13. The topological polar surface area (TPSA) is 66.8 Å². The Morgan fingerprint density at radius 1 is 0.878 bits per heavy atom.